The normalized spacial score (nSPS) is 27.4. The van der Waals surface area contributed by atoms with Gasteiger partial charge in [0.2, 0.25) is 0 Å². The van der Waals surface area contributed by atoms with Crippen molar-refractivity contribution in [2.75, 3.05) is 6.54 Å². The molecule has 1 aliphatic carbocycles. The summed E-state index contributed by atoms with van der Waals surface area (Å²) < 4.78 is 5.60. The molecule has 2 aliphatic rings. The van der Waals surface area contributed by atoms with E-state index in [0.29, 0.717) is 17.4 Å². The van der Waals surface area contributed by atoms with Gasteiger partial charge in [0.1, 0.15) is 17.1 Å². The number of nitrogens with zero attached hydrogens (tertiary/aromatic N) is 1. The molecule has 1 aromatic rings. The van der Waals surface area contributed by atoms with E-state index >= 15 is 0 Å². The molecule has 104 valence electrons. The Bertz CT molecular complexity index is 480. The summed E-state index contributed by atoms with van der Waals surface area (Å²) in [6.07, 6.45) is 6.60. The van der Waals surface area contributed by atoms with E-state index in [0.717, 1.165) is 24.8 Å². The van der Waals surface area contributed by atoms with E-state index in [4.69, 9.17) is 9.52 Å². The molecular formula is C15H21NO3. The number of carboxylic acids is 1. The molecule has 0 bridgehead atoms. The fourth-order valence-corrected chi connectivity index (χ4v) is 3.79. The van der Waals surface area contributed by atoms with Gasteiger partial charge in [0.15, 0.2) is 0 Å². The highest BCUT2D eigenvalue weighted by molar-refractivity contribution is 5.88. The second-order valence-electron chi connectivity index (χ2n) is 5.86. The molecule has 3 rings (SSSR count). The van der Waals surface area contributed by atoms with Gasteiger partial charge < -0.3 is 9.52 Å². The molecule has 2 atom stereocenters. The predicted octanol–water partition coefficient (Wildman–Crippen LogP) is 3.05. The molecule has 0 radical (unpaired) electrons. The number of hydrogen-bond acceptors (Lipinski definition) is 3. The molecule has 0 aromatic carbocycles. The van der Waals surface area contributed by atoms with E-state index in [9.17, 15) is 4.79 Å². The number of rotatable bonds is 3. The van der Waals surface area contributed by atoms with Crippen LogP contribution in [0.5, 0.6) is 0 Å². The fourth-order valence-electron chi connectivity index (χ4n) is 3.79. The van der Waals surface area contributed by atoms with E-state index in [2.05, 4.69) is 4.90 Å². The van der Waals surface area contributed by atoms with Crippen LogP contribution < -0.4 is 0 Å². The van der Waals surface area contributed by atoms with Crippen LogP contribution in [0.3, 0.4) is 0 Å². The Balaban J connectivity index is 1.73. The lowest BCUT2D eigenvalue weighted by molar-refractivity contribution is 0.0695. The van der Waals surface area contributed by atoms with Crippen molar-refractivity contribution < 1.29 is 14.3 Å². The average Bonchev–Trinajstić information content (AvgIpc) is 2.96. The first-order chi connectivity index (χ1) is 9.15. The van der Waals surface area contributed by atoms with Gasteiger partial charge in [0, 0.05) is 6.04 Å². The van der Waals surface area contributed by atoms with Gasteiger partial charge in [0.25, 0.3) is 0 Å². The highest BCUT2D eigenvalue weighted by Crippen LogP contribution is 2.37. The van der Waals surface area contributed by atoms with Crippen molar-refractivity contribution in [3.63, 3.8) is 0 Å². The van der Waals surface area contributed by atoms with Crippen LogP contribution in [-0.4, -0.2) is 28.6 Å². The maximum Gasteiger partial charge on any atom is 0.339 e. The maximum atomic E-state index is 11.0. The Morgan fingerprint density at radius 2 is 2.21 bits per heavy atom. The molecule has 1 aromatic heterocycles. The van der Waals surface area contributed by atoms with Crippen LogP contribution >= 0.6 is 0 Å². The lowest BCUT2D eigenvalue weighted by Gasteiger charge is -2.37. The first-order valence-corrected chi connectivity index (χ1v) is 7.22. The number of furan rings is 1. The fraction of sp³-hybridized carbons (Fsp3) is 0.667. The van der Waals surface area contributed by atoms with Gasteiger partial charge in [-0.25, -0.2) is 4.79 Å². The molecule has 1 aliphatic heterocycles. The molecule has 2 heterocycles. The van der Waals surface area contributed by atoms with Crippen molar-refractivity contribution >= 4 is 5.97 Å². The van der Waals surface area contributed by atoms with Gasteiger partial charge in [-0.05, 0) is 51.1 Å². The van der Waals surface area contributed by atoms with Crippen LogP contribution in [0.2, 0.25) is 0 Å². The number of carboxylic acid groups (broad SMARTS) is 1. The summed E-state index contributed by atoms with van der Waals surface area (Å²) in [4.78, 5) is 13.5. The summed E-state index contributed by atoms with van der Waals surface area (Å²) in [5, 5.41) is 9.06. The number of fused-ring (bicyclic) bond motifs is 1. The molecule has 4 heteroatoms. The predicted molar refractivity (Wildman–Crippen MR) is 71.2 cm³/mol. The Kier molecular flexibility index (Phi) is 3.35. The zero-order chi connectivity index (χ0) is 13.4. The summed E-state index contributed by atoms with van der Waals surface area (Å²) >= 11 is 0. The average molecular weight is 263 g/mol. The van der Waals surface area contributed by atoms with Crippen molar-refractivity contribution in [2.45, 2.75) is 51.6 Å². The molecule has 1 saturated heterocycles. The monoisotopic (exact) mass is 263 g/mol. The van der Waals surface area contributed by atoms with Crippen LogP contribution in [0.1, 0.15) is 54.0 Å². The largest absolute Gasteiger partial charge is 0.478 e. The first-order valence-electron chi connectivity index (χ1n) is 7.22. The molecule has 2 unspecified atom stereocenters. The van der Waals surface area contributed by atoms with Gasteiger partial charge in [-0.3, -0.25) is 4.90 Å². The van der Waals surface area contributed by atoms with E-state index < -0.39 is 5.97 Å². The van der Waals surface area contributed by atoms with E-state index in [-0.39, 0.29) is 0 Å². The lowest BCUT2D eigenvalue weighted by Crippen LogP contribution is -2.41. The first kappa shape index (κ1) is 12.7. The number of aromatic carboxylic acids is 1. The molecule has 4 nitrogen and oxygen atoms in total. The molecule has 1 N–H and O–H groups in total. The second kappa shape index (κ2) is 5.00. The molecule has 19 heavy (non-hydrogen) atoms. The van der Waals surface area contributed by atoms with Crippen molar-refractivity contribution in [1.29, 1.82) is 0 Å². The minimum atomic E-state index is -0.898. The number of piperidine rings is 1. The third-order valence-electron chi connectivity index (χ3n) is 4.67. The van der Waals surface area contributed by atoms with E-state index in [1.54, 1.807) is 13.0 Å². The highest BCUT2D eigenvalue weighted by Gasteiger charge is 2.35. The third kappa shape index (κ3) is 2.41. The zero-order valence-electron chi connectivity index (χ0n) is 11.4. The van der Waals surface area contributed by atoms with Crippen molar-refractivity contribution in [2.24, 2.45) is 5.92 Å². The Labute approximate surface area is 113 Å². The molecule has 0 amide bonds. The standard InChI is InChI=1S/C15H21NO3/c1-10-13(15(17)18)8-12(19-10)9-16-7-3-5-11-4-2-6-14(11)16/h8,11,14H,2-7,9H2,1H3,(H,17,18). The number of aryl methyl sites for hydroxylation is 1. The Morgan fingerprint density at radius 3 is 2.95 bits per heavy atom. The highest BCUT2D eigenvalue weighted by atomic mass is 16.4. The van der Waals surface area contributed by atoms with Crippen LogP contribution in [0.15, 0.2) is 10.5 Å². The van der Waals surface area contributed by atoms with Gasteiger partial charge in [-0.2, -0.15) is 0 Å². The maximum absolute atomic E-state index is 11.0. The number of hydrogen-bond donors (Lipinski definition) is 1. The van der Waals surface area contributed by atoms with Crippen molar-refractivity contribution in [1.82, 2.24) is 4.90 Å². The Hall–Kier alpha value is -1.29. The van der Waals surface area contributed by atoms with E-state index in [1.807, 2.05) is 0 Å². The number of likely N-dealkylation sites (tertiary alicyclic amines) is 1. The van der Waals surface area contributed by atoms with Crippen LogP contribution in [0.25, 0.3) is 0 Å². The van der Waals surface area contributed by atoms with Gasteiger partial charge in [-0.15, -0.1) is 0 Å². The van der Waals surface area contributed by atoms with Gasteiger partial charge >= 0.3 is 5.97 Å². The molecule has 0 spiro atoms. The topological polar surface area (TPSA) is 53.7 Å². The summed E-state index contributed by atoms with van der Waals surface area (Å²) in [5.41, 5.74) is 0.301. The molecular weight excluding hydrogens is 242 g/mol. The van der Waals surface area contributed by atoms with Crippen molar-refractivity contribution in [3.8, 4) is 0 Å². The van der Waals surface area contributed by atoms with Gasteiger partial charge in [0.05, 0.1) is 6.54 Å². The zero-order valence-corrected chi connectivity index (χ0v) is 11.4. The third-order valence-corrected chi connectivity index (χ3v) is 4.67. The summed E-state index contributed by atoms with van der Waals surface area (Å²) in [6, 6.07) is 2.38. The molecule has 2 fully saturated rings. The second-order valence-corrected chi connectivity index (χ2v) is 5.86. The van der Waals surface area contributed by atoms with Crippen LogP contribution in [0, 0.1) is 12.8 Å². The number of carbonyl (C=O) groups is 1. The smallest absolute Gasteiger partial charge is 0.339 e. The minimum Gasteiger partial charge on any atom is -0.478 e. The minimum absolute atomic E-state index is 0.301. The molecule has 1 saturated carbocycles. The summed E-state index contributed by atoms with van der Waals surface area (Å²) in [7, 11) is 0. The van der Waals surface area contributed by atoms with Crippen LogP contribution in [0.4, 0.5) is 0 Å². The SMILES string of the molecule is Cc1oc(CN2CCCC3CCCC32)cc1C(=O)O. The summed E-state index contributed by atoms with van der Waals surface area (Å²) in [5.74, 6) is 1.26. The van der Waals surface area contributed by atoms with Crippen molar-refractivity contribution in [3.05, 3.63) is 23.2 Å². The quantitative estimate of drug-likeness (QED) is 0.910. The van der Waals surface area contributed by atoms with Gasteiger partial charge in [-0.1, -0.05) is 6.42 Å². The Morgan fingerprint density at radius 1 is 1.42 bits per heavy atom. The van der Waals surface area contributed by atoms with E-state index in [1.165, 1.54) is 32.1 Å². The summed E-state index contributed by atoms with van der Waals surface area (Å²) in [6.45, 7) is 3.60. The van der Waals surface area contributed by atoms with Crippen LogP contribution in [-0.2, 0) is 6.54 Å². The lowest BCUT2D eigenvalue weighted by atomic mass is 9.92.